The van der Waals surface area contributed by atoms with Crippen LogP contribution in [0.15, 0.2) is 24.9 Å². The number of unbranched alkanes of at least 4 members (excludes halogenated alkanes) is 1. The first-order chi connectivity index (χ1) is 16.5. The van der Waals surface area contributed by atoms with Gasteiger partial charge in [0.1, 0.15) is 24.0 Å². The topological polar surface area (TPSA) is 70.2 Å². The first kappa shape index (κ1) is 23.5. The van der Waals surface area contributed by atoms with Crippen molar-refractivity contribution in [1.29, 1.82) is 0 Å². The van der Waals surface area contributed by atoms with Gasteiger partial charge in [0.25, 0.3) is 0 Å². The number of anilines is 1. The van der Waals surface area contributed by atoms with Gasteiger partial charge in [0.15, 0.2) is 0 Å². The van der Waals surface area contributed by atoms with Crippen LogP contribution in [0.1, 0.15) is 38.3 Å². The van der Waals surface area contributed by atoms with Gasteiger partial charge in [-0.05, 0) is 25.7 Å². The van der Waals surface area contributed by atoms with Crippen molar-refractivity contribution in [3.8, 4) is 11.1 Å². The van der Waals surface area contributed by atoms with E-state index in [1.54, 1.807) is 6.33 Å². The van der Waals surface area contributed by atoms with Crippen LogP contribution in [0.25, 0.3) is 22.2 Å². The Bertz CT molecular complexity index is 1090. The summed E-state index contributed by atoms with van der Waals surface area (Å²) in [4.78, 5) is 11.8. The highest BCUT2D eigenvalue weighted by atomic mass is 28.3. The van der Waals surface area contributed by atoms with Crippen LogP contribution < -0.4 is 4.90 Å². The maximum Gasteiger partial charge on any atom is 0.150 e. The zero-order valence-corrected chi connectivity index (χ0v) is 21.9. The van der Waals surface area contributed by atoms with Gasteiger partial charge in [0.2, 0.25) is 0 Å². The fourth-order valence-electron chi connectivity index (χ4n) is 5.02. The molecule has 5 heterocycles. The summed E-state index contributed by atoms with van der Waals surface area (Å²) >= 11 is 0. The first-order valence-corrected chi connectivity index (χ1v) is 16.5. The molecule has 8 nitrogen and oxygen atoms in total. The third-order valence-electron chi connectivity index (χ3n) is 6.88. The Morgan fingerprint density at radius 1 is 1.03 bits per heavy atom. The summed E-state index contributed by atoms with van der Waals surface area (Å²) in [7, 11) is -1.02. The maximum atomic E-state index is 5.97. The van der Waals surface area contributed by atoms with E-state index < -0.39 is 8.07 Å². The van der Waals surface area contributed by atoms with Crippen molar-refractivity contribution < 1.29 is 9.47 Å². The van der Waals surface area contributed by atoms with E-state index in [1.165, 1.54) is 25.3 Å². The lowest BCUT2D eigenvalue weighted by molar-refractivity contribution is -0.0394. The summed E-state index contributed by atoms with van der Waals surface area (Å²) in [5.41, 5.74) is 3.27. The van der Waals surface area contributed by atoms with Crippen LogP contribution >= 0.6 is 0 Å². The van der Waals surface area contributed by atoms with Crippen LogP contribution in [0.2, 0.25) is 25.7 Å². The Hall–Kier alpha value is -2.23. The van der Waals surface area contributed by atoms with Crippen LogP contribution in [-0.4, -0.2) is 65.3 Å². The highest BCUT2D eigenvalue weighted by Crippen LogP contribution is 2.36. The molecule has 0 spiro atoms. The van der Waals surface area contributed by atoms with E-state index >= 15 is 0 Å². The van der Waals surface area contributed by atoms with Crippen LogP contribution in [0, 0.1) is 0 Å². The average molecular weight is 483 g/mol. The number of ether oxygens (including phenoxy) is 2. The molecule has 0 bridgehead atoms. The molecule has 0 amide bonds. The van der Waals surface area contributed by atoms with Crippen LogP contribution in [0.4, 0.5) is 5.82 Å². The van der Waals surface area contributed by atoms with E-state index in [-0.39, 0.29) is 6.23 Å². The van der Waals surface area contributed by atoms with Crippen molar-refractivity contribution in [2.45, 2.75) is 70.6 Å². The average Bonchev–Trinajstić information content (AvgIpc) is 3.48. The molecule has 0 radical (unpaired) electrons. The van der Waals surface area contributed by atoms with Gasteiger partial charge < -0.3 is 18.9 Å². The highest BCUT2D eigenvalue weighted by Gasteiger charge is 2.24. The lowest BCUT2D eigenvalue weighted by Gasteiger charge is -2.28. The van der Waals surface area contributed by atoms with Gasteiger partial charge in [-0.2, -0.15) is 5.10 Å². The van der Waals surface area contributed by atoms with Gasteiger partial charge in [-0.3, -0.25) is 0 Å². The number of morpholine rings is 1. The normalized spacial score (nSPS) is 19.7. The smallest absolute Gasteiger partial charge is 0.150 e. The minimum atomic E-state index is -1.02. The van der Waals surface area contributed by atoms with Gasteiger partial charge in [0.05, 0.1) is 24.8 Å². The molecule has 0 saturated carbocycles. The molecule has 0 N–H and O–H groups in total. The molecule has 1 unspecified atom stereocenters. The Labute approximate surface area is 203 Å². The summed E-state index contributed by atoms with van der Waals surface area (Å²) in [6.45, 7) is 12.3. The second-order valence-electron chi connectivity index (χ2n) is 10.8. The van der Waals surface area contributed by atoms with Gasteiger partial charge in [-0.25, -0.2) is 14.6 Å². The summed E-state index contributed by atoms with van der Waals surface area (Å²) in [6, 6.07) is 1.36. The number of nitrogens with zero attached hydrogens (tertiary/aromatic N) is 6. The minimum Gasteiger partial charge on any atom is -0.378 e. The predicted molar refractivity (Wildman–Crippen MR) is 138 cm³/mol. The molecule has 184 valence electrons. The van der Waals surface area contributed by atoms with Gasteiger partial charge in [-0.1, -0.05) is 32.1 Å². The van der Waals surface area contributed by atoms with Crippen molar-refractivity contribution in [3.63, 3.8) is 0 Å². The maximum absolute atomic E-state index is 5.97. The Morgan fingerprint density at radius 2 is 1.88 bits per heavy atom. The number of fused-ring (bicyclic) bond motifs is 1. The quantitative estimate of drug-likeness (QED) is 0.334. The first-order valence-electron chi connectivity index (χ1n) is 12.8. The zero-order chi connectivity index (χ0) is 23.5. The minimum absolute atomic E-state index is 0.0346. The highest BCUT2D eigenvalue weighted by molar-refractivity contribution is 6.76. The Balaban J connectivity index is 1.49. The monoisotopic (exact) mass is 482 g/mol. The molecular formula is C25H38N6O2Si. The molecule has 9 heteroatoms. The van der Waals surface area contributed by atoms with Crippen molar-refractivity contribution in [2.24, 2.45) is 0 Å². The zero-order valence-electron chi connectivity index (χ0n) is 20.9. The molecule has 3 aromatic heterocycles. The Morgan fingerprint density at radius 3 is 2.65 bits per heavy atom. The Kier molecular flexibility index (Phi) is 7.03. The van der Waals surface area contributed by atoms with Gasteiger partial charge >= 0.3 is 0 Å². The largest absolute Gasteiger partial charge is 0.378 e. The van der Waals surface area contributed by atoms with Gasteiger partial charge in [0, 0.05) is 57.8 Å². The number of aromatic nitrogens is 5. The third kappa shape index (κ3) is 5.21. The lowest BCUT2D eigenvalue weighted by Crippen LogP contribution is -2.36. The molecule has 2 aliphatic heterocycles. The second-order valence-corrected chi connectivity index (χ2v) is 16.4. The molecule has 3 aromatic rings. The molecule has 5 rings (SSSR count). The molecule has 34 heavy (non-hydrogen) atoms. The number of aryl methyl sites for hydroxylation is 1. The summed E-state index contributed by atoms with van der Waals surface area (Å²) in [5, 5.41) is 5.81. The molecule has 2 saturated heterocycles. The fourth-order valence-corrected chi connectivity index (χ4v) is 6.33. The van der Waals surface area contributed by atoms with Crippen molar-refractivity contribution in [2.75, 3.05) is 37.8 Å². The van der Waals surface area contributed by atoms with Crippen molar-refractivity contribution in [3.05, 3.63) is 24.9 Å². The lowest BCUT2D eigenvalue weighted by atomic mass is 10.1. The summed E-state index contributed by atoms with van der Waals surface area (Å²) in [6.07, 6.45) is 13.9. The van der Waals surface area contributed by atoms with E-state index in [0.29, 0.717) is 0 Å². The number of rotatable bonds is 8. The number of hydrogen-bond donors (Lipinski definition) is 0. The predicted octanol–water partition coefficient (Wildman–Crippen LogP) is 4.95. The van der Waals surface area contributed by atoms with Crippen LogP contribution in [0.3, 0.4) is 0 Å². The third-order valence-corrected chi connectivity index (χ3v) is 8.74. The SMILES string of the molecule is C[Si](C)(C)CCCCn1cc(-c2cnn(C3CCCCO3)c2)c2c(N3CCOCC3)ncnc21. The van der Waals surface area contributed by atoms with Crippen LogP contribution in [0.5, 0.6) is 0 Å². The molecule has 2 fully saturated rings. The van der Waals surface area contributed by atoms with E-state index in [2.05, 4.69) is 46.6 Å². The van der Waals surface area contributed by atoms with Crippen molar-refractivity contribution >= 4 is 24.9 Å². The molecule has 0 aromatic carbocycles. The summed E-state index contributed by atoms with van der Waals surface area (Å²) in [5.74, 6) is 1.01. The summed E-state index contributed by atoms with van der Waals surface area (Å²) < 4.78 is 15.9. The molecule has 2 aliphatic rings. The van der Waals surface area contributed by atoms with E-state index in [1.807, 2.05) is 10.9 Å². The van der Waals surface area contributed by atoms with E-state index in [4.69, 9.17) is 19.4 Å². The molecular weight excluding hydrogens is 444 g/mol. The van der Waals surface area contributed by atoms with Crippen molar-refractivity contribution in [1.82, 2.24) is 24.3 Å². The fraction of sp³-hybridized carbons (Fsp3) is 0.640. The second kappa shape index (κ2) is 10.2. The standard InChI is InChI=1S/C25H38N6O2Si/c1-34(2,3)15-7-5-9-30-18-21(20-16-28-31(17-20)22-8-4-6-12-33-22)23-24(26-19-27-25(23)30)29-10-13-32-14-11-29/h16-19,22H,4-15H2,1-3H3. The molecule has 0 aliphatic carbocycles. The van der Waals surface area contributed by atoms with E-state index in [0.717, 1.165) is 80.3 Å². The molecule has 1 atom stereocenters. The van der Waals surface area contributed by atoms with Gasteiger partial charge in [-0.15, -0.1) is 0 Å². The number of hydrogen-bond acceptors (Lipinski definition) is 6. The van der Waals surface area contributed by atoms with Crippen LogP contribution in [-0.2, 0) is 16.0 Å². The van der Waals surface area contributed by atoms with E-state index in [9.17, 15) is 0 Å².